The monoisotopic (exact) mass is 1160 g/mol. The highest BCUT2D eigenvalue weighted by atomic mass is 35.5. The molecule has 0 spiro atoms. The van der Waals surface area contributed by atoms with Gasteiger partial charge in [0, 0.05) is 96.2 Å². The molecule has 4 N–H and O–H groups in total. The number of ether oxygens (including phenoxy) is 3. The second kappa shape index (κ2) is 27.2. The molecule has 2 unspecified atom stereocenters. The van der Waals surface area contributed by atoms with Crippen LogP contribution in [0.2, 0.25) is 5.02 Å². The van der Waals surface area contributed by atoms with Crippen molar-refractivity contribution in [1.82, 2.24) is 40.1 Å². The molecule has 5 heterocycles. The zero-order valence-electron chi connectivity index (χ0n) is 46.5. The van der Waals surface area contributed by atoms with Crippen molar-refractivity contribution in [1.29, 1.82) is 0 Å². The third kappa shape index (κ3) is 14.1. The first-order valence-electron chi connectivity index (χ1n) is 27.4. The molecule has 4 aromatic carbocycles. The number of halogens is 2. The van der Waals surface area contributed by atoms with Gasteiger partial charge >= 0.3 is 0 Å². The number of likely N-dealkylation sites (N-methyl/N-ethyl adjacent to an activating group) is 1. The number of hydrogen-bond donors (Lipinski definition) is 4. The number of carbonyl (C=O) groups excluding carboxylic acids is 4. The number of benzene rings is 4. The molecule has 3 aromatic heterocycles. The van der Waals surface area contributed by atoms with Crippen LogP contribution in [0.3, 0.4) is 0 Å². The van der Waals surface area contributed by atoms with Gasteiger partial charge in [-0.05, 0) is 72.9 Å². The van der Waals surface area contributed by atoms with Gasteiger partial charge in [-0.25, -0.2) is 14.4 Å². The molecule has 23 heteroatoms. The fourth-order valence-corrected chi connectivity index (χ4v) is 11.5. The van der Waals surface area contributed by atoms with Gasteiger partial charge in [0.2, 0.25) is 29.6 Å². The first kappa shape index (κ1) is 59.3. The van der Waals surface area contributed by atoms with Gasteiger partial charge in [-0.3, -0.25) is 19.2 Å². The van der Waals surface area contributed by atoms with Gasteiger partial charge in [0.05, 0.1) is 72.0 Å². The summed E-state index contributed by atoms with van der Waals surface area (Å²) < 4.78 is 39.9. The van der Waals surface area contributed by atoms with Crippen LogP contribution in [-0.2, 0) is 33.4 Å². The Morgan fingerprint density at radius 1 is 0.927 bits per heavy atom. The SMILES string of the molecule is CC(=O)N1CCN(c2nc(NCCC(=O)N(C)CCOCCOCCOCCC(C(=O)N3C[C@H](O)C[C@H]3C(=O)NC(C)c3ccc(-c4scnc4C)cc3)c3cc(C)no3)nc3c(F)c(-c4cc(O)cc5ccccc45)c(Cl)cc23)CC1. The Balaban J connectivity index is 0.707. The number of hydrogen-bond acceptors (Lipinski definition) is 17. The maximum atomic E-state index is 17.0. The smallest absolute Gasteiger partial charge is 0.243 e. The summed E-state index contributed by atoms with van der Waals surface area (Å²) in [4.78, 5) is 74.8. The van der Waals surface area contributed by atoms with E-state index in [0.29, 0.717) is 71.7 Å². The number of nitrogens with zero attached hydrogens (tertiary/aromatic N) is 8. The third-order valence-electron chi connectivity index (χ3n) is 14.8. The third-order valence-corrected chi connectivity index (χ3v) is 16.1. The van der Waals surface area contributed by atoms with Crippen LogP contribution in [0, 0.1) is 19.7 Å². The van der Waals surface area contributed by atoms with Crippen LogP contribution < -0.4 is 15.5 Å². The van der Waals surface area contributed by atoms with Gasteiger partial charge in [0.15, 0.2) is 5.82 Å². The molecule has 2 aliphatic rings. The molecule has 82 heavy (non-hydrogen) atoms. The molecule has 2 fully saturated rings. The van der Waals surface area contributed by atoms with Gasteiger partial charge in [-0.2, -0.15) is 4.98 Å². The number of nitrogens with one attached hydrogen (secondary N) is 2. The minimum absolute atomic E-state index is 0.00156. The summed E-state index contributed by atoms with van der Waals surface area (Å²) in [5.41, 5.74) is 5.80. The maximum Gasteiger partial charge on any atom is 0.243 e. The van der Waals surface area contributed by atoms with Crippen molar-refractivity contribution in [2.24, 2.45) is 0 Å². The van der Waals surface area contributed by atoms with E-state index in [4.69, 9.17) is 35.3 Å². The lowest BCUT2D eigenvalue weighted by atomic mass is 9.96. The van der Waals surface area contributed by atoms with E-state index >= 15 is 4.39 Å². The summed E-state index contributed by atoms with van der Waals surface area (Å²) in [6, 6.07) is 20.4. The molecule has 9 rings (SSSR count). The van der Waals surface area contributed by atoms with Crippen molar-refractivity contribution in [2.75, 3.05) is 103 Å². The number of phenols is 1. The second-order valence-electron chi connectivity index (χ2n) is 20.6. The Morgan fingerprint density at radius 2 is 1.65 bits per heavy atom. The molecule has 2 aliphatic heterocycles. The lowest BCUT2D eigenvalue weighted by Crippen LogP contribution is -2.48. The van der Waals surface area contributed by atoms with Gasteiger partial charge in [-0.15, -0.1) is 11.3 Å². The molecule has 0 saturated carbocycles. The predicted octanol–water partition coefficient (Wildman–Crippen LogP) is 7.67. The summed E-state index contributed by atoms with van der Waals surface area (Å²) >= 11 is 8.45. The molecule has 4 atom stereocenters. The van der Waals surface area contributed by atoms with E-state index in [1.165, 1.54) is 17.9 Å². The minimum Gasteiger partial charge on any atom is -0.508 e. The summed E-state index contributed by atoms with van der Waals surface area (Å²) in [6.07, 6.45) is -0.463. The topological polar surface area (TPSA) is 238 Å². The number of aryl methyl sites for hydroxylation is 2. The highest BCUT2D eigenvalue weighted by Gasteiger charge is 2.43. The van der Waals surface area contributed by atoms with E-state index in [-0.39, 0.29) is 129 Å². The predicted molar refractivity (Wildman–Crippen MR) is 310 cm³/mol. The standard InChI is InChI=1S/C59H68ClFN10O10S/c1-35-28-50(81-67-35)45(58(77)71-33-43(74)31-49(71)57(76)64-36(2)39-10-12-40(13-11-39)55-37(3)63-34-82-55)15-22-78-24-26-80-27-25-79-23-21-68(5)51(75)14-16-62-59-65-54-47(56(66-59)70-19-17-69(18-20-70)38(4)72)32-48(60)52(53(54)61)46-30-42(73)29-41-8-6-7-9-44(41)46/h6-13,28-30,32,34,36,43,45,49,73-74H,14-27,31,33H2,1-5H3,(H,64,76)(H,62,65,66)/t36?,43-,45?,49+/m1/s1. The van der Waals surface area contributed by atoms with Crippen molar-refractivity contribution in [2.45, 2.75) is 71.1 Å². The van der Waals surface area contributed by atoms with E-state index in [9.17, 15) is 29.4 Å². The normalized spacial score (nSPS) is 16.2. The number of piperazine rings is 1. The van der Waals surface area contributed by atoms with Crippen LogP contribution in [0.25, 0.3) is 43.2 Å². The number of β-amino-alcohol motifs (C(OH)–C–C–N with tert-alkyl or cyclic N) is 1. The number of anilines is 2. The van der Waals surface area contributed by atoms with E-state index in [2.05, 4.69) is 25.8 Å². The first-order chi connectivity index (χ1) is 39.5. The molecular weight excluding hydrogens is 1100 g/mol. The number of carbonyl (C=O) groups is 4. The van der Waals surface area contributed by atoms with Crippen LogP contribution in [-0.4, -0.2) is 173 Å². The van der Waals surface area contributed by atoms with Crippen LogP contribution >= 0.6 is 22.9 Å². The number of aliphatic hydroxyl groups is 1. The highest BCUT2D eigenvalue weighted by Crippen LogP contribution is 2.43. The largest absolute Gasteiger partial charge is 0.508 e. The van der Waals surface area contributed by atoms with Crippen molar-refractivity contribution in [3.8, 4) is 27.3 Å². The Kier molecular flexibility index (Phi) is 19.6. The number of thiazole rings is 1. The number of aromatic hydroxyl groups is 1. The van der Waals surface area contributed by atoms with Crippen LogP contribution in [0.5, 0.6) is 5.75 Å². The minimum atomic E-state index is -0.885. The van der Waals surface area contributed by atoms with E-state index < -0.39 is 23.9 Å². The number of likely N-dealkylation sites (tertiary alicyclic amines) is 1. The highest BCUT2D eigenvalue weighted by molar-refractivity contribution is 7.13. The number of aromatic nitrogens is 4. The van der Waals surface area contributed by atoms with Crippen molar-refractivity contribution in [3.63, 3.8) is 0 Å². The number of fused-ring (bicyclic) bond motifs is 2. The first-order valence-corrected chi connectivity index (χ1v) is 28.7. The second-order valence-corrected chi connectivity index (χ2v) is 21.8. The summed E-state index contributed by atoms with van der Waals surface area (Å²) in [5.74, 6) is -1.59. The Bertz CT molecular complexity index is 3390. The lowest BCUT2D eigenvalue weighted by Gasteiger charge is -2.35. The quantitative estimate of drug-likeness (QED) is 0.0425. The zero-order chi connectivity index (χ0) is 58.0. The van der Waals surface area contributed by atoms with Gasteiger partial charge in [-0.1, -0.05) is 65.3 Å². The average Bonchev–Trinajstić information content (AvgIpc) is 4.23. The van der Waals surface area contributed by atoms with Gasteiger partial charge < -0.3 is 59.2 Å². The average molecular weight is 1160 g/mol. The summed E-state index contributed by atoms with van der Waals surface area (Å²) in [5, 5.41) is 33.4. The molecule has 0 radical (unpaired) electrons. The van der Waals surface area contributed by atoms with Crippen LogP contribution in [0.1, 0.15) is 67.8 Å². The van der Waals surface area contributed by atoms with Gasteiger partial charge in [0.25, 0.3) is 0 Å². The van der Waals surface area contributed by atoms with Crippen molar-refractivity contribution in [3.05, 3.63) is 112 Å². The molecule has 4 amide bonds. The molecule has 20 nitrogen and oxygen atoms in total. The number of amides is 4. The lowest BCUT2D eigenvalue weighted by molar-refractivity contribution is -0.140. The Hall–Kier alpha value is -7.34. The van der Waals surface area contributed by atoms with E-state index in [0.717, 1.165) is 21.7 Å². The molecule has 2 saturated heterocycles. The van der Waals surface area contributed by atoms with Crippen LogP contribution in [0.4, 0.5) is 16.2 Å². The van der Waals surface area contributed by atoms with Crippen molar-refractivity contribution >= 4 is 80.0 Å². The number of rotatable bonds is 24. The van der Waals surface area contributed by atoms with Gasteiger partial charge in [0.1, 0.15) is 34.8 Å². The molecule has 7 aromatic rings. The van der Waals surface area contributed by atoms with Crippen LogP contribution in [0.15, 0.2) is 82.8 Å². The molecular formula is C59H68ClFN10O10S. The fraction of sp³-hybridized carbons (Fsp3) is 0.424. The zero-order valence-corrected chi connectivity index (χ0v) is 48.1. The number of phenolic OH excluding ortho intramolecular Hbond substituents is 1. The van der Waals surface area contributed by atoms with E-state index in [1.807, 2.05) is 72.8 Å². The maximum absolute atomic E-state index is 17.0. The summed E-state index contributed by atoms with van der Waals surface area (Å²) in [6.45, 7) is 10.9. The Labute approximate surface area is 483 Å². The number of aliphatic hydroxyl groups excluding tert-OH is 1. The Morgan fingerprint density at radius 3 is 2.34 bits per heavy atom. The molecule has 0 bridgehead atoms. The molecule has 0 aliphatic carbocycles. The fourth-order valence-electron chi connectivity index (χ4n) is 10.4. The van der Waals surface area contributed by atoms with E-state index in [1.54, 1.807) is 53.3 Å². The van der Waals surface area contributed by atoms with Crippen molar-refractivity contribution < 1.29 is 52.5 Å². The summed E-state index contributed by atoms with van der Waals surface area (Å²) in [7, 11) is 1.68. The molecule has 434 valence electrons.